The predicted molar refractivity (Wildman–Crippen MR) is 96.9 cm³/mol. The van der Waals surface area contributed by atoms with Crippen LogP contribution < -0.4 is 10.1 Å². The van der Waals surface area contributed by atoms with Crippen molar-refractivity contribution >= 4 is 11.9 Å². The molecule has 26 heavy (non-hydrogen) atoms. The number of carbonyl (C=O) groups is 2. The van der Waals surface area contributed by atoms with Crippen LogP contribution in [-0.4, -0.2) is 34.2 Å². The van der Waals surface area contributed by atoms with E-state index >= 15 is 0 Å². The Balaban J connectivity index is 2.24. The topological polar surface area (TPSA) is 95.9 Å². The number of aliphatic hydroxyl groups is 1. The maximum Gasteiger partial charge on any atom is 0.337 e. The van der Waals surface area contributed by atoms with Gasteiger partial charge in [0.1, 0.15) is 5.75 Å². The van der Waals surface area contributed by atoms with Crippen LogP contribution in [0.15, 0.2) is 54.6 Å². The molecule has 2 aromatic carbocycles. The highest BCUT2D eigenvalue weighted by molar-refractivity contribution is 5.84. The lowest BCUT2D eigenvalue weighted by Crippen LogP contribution is -2.48. The zero-order chi connectivity index (χ0) is 19.2. The molecule has 2 atom stereocenters. The van der Waals surface area contributed by atoms with Crippen LogP contribution in [0.2, 0.25) is 0 Å². The number of ether oxygens (including phenoxy) is 1. The molecule has 1 amide bonds. The maximum atomic E-state index is 12.7. The zero-order valence-electron chi connectivity index (χ0n) is 14.8. The average molecular weight is 357 g/mol. The molecule has 0 radical (unpaired) electrons. The largest absolute Gasteiger partial charge is 0.479 e. The van der Waals surface area contributed by atoms with Gasteiger partial charge in [-0.05, 0) is 25.0 Å². The van der Waals surface area contributed by atoms with E-state index < -0.39 is 30.1 Å². The van der Waals surface area contributed by atoms with Crippen molar-refractivity contribution in [2.75, 3.05) is 6.54 Å². The van der Waals surface area contributed by atoms with Crippen LogP contribution in [0.4, 0.5) is 0 Å². The first-order valence-electron chi connectivity index (χ1n) is 8.38. The number of carbonyl (C=O) groups excluding carboxylic acids is 1. The van der Waals surface area contributed by atoms with Crippen molar-refractivity contribution in [2.45, 2.75) is 32.0 Å². The van der Waals surface area contributed by atoms with Crippen molar-refractivity contribution in [2.24, 2.45) is 0 Å². The Morgan fingerprint density at radius 1 is 1.12 bits per heavy atom. The van der Waals surface area contributed by atoms with E-state index in [-0.39, 0.29) is 0 Å². The molecule has 0 saturated carbocycles. The van der Waals surface area contributed by atoms with Gasteiger partial charge >= 0.3 is 5.97 Å². The Kier molecular flexibility index (Phi) is 6.36. The Labute approximate surface area is 152 Å². The summed E-state index contributed by atoms with van der Waals surface area (Å²) in [5, 5.41) is 21.3. The fourth-order valence-electron chi connectivity index (χ4n) is 2.37. The van der Waals surface area contributed by atoms with E-state index in [4.69, 9.17) is 9.84 Å². The van der Waals surface area contributed by atoms with Gasteiger partial charge in [-0.2, -0.15) is 0 Å². The molecule has 0 saturated heterocycles. The summed E-state index contributed by atoms with van der Waals surface area (Å²) in [6, 6.07) is 16.4. The summed E-state index contributed by atoms with van der Waals surface area (Å²) in [6.07, 6.45) is -0.221. The summed E-state index contributed by atoms with van der Waals surface area (Å²) >= 11 is 0. The van der Waals surface area contributed by atoms with Crippen molar-refractivity contribution < 1.29 is 24.5 Å². The van der Waals surface area contributed by atoms with Crippen LogP contribution in [0.1, 0.15) is 31.1 Å². The van der Waals surface area contributed by atoms with Crippen molar-refractivity contribution in [3.8, 4) is 5.75 Å². The fourth-order valence-corrected chi connectivity index (χ4v) is 2.37. The van der Waals surface area contributed by atoms with E-state index in [0.717, 1.165) is 18.9 Å². The van der Waals surface area contributed by atoms with Gasteiger partial charge in [-0.25, -0.2) is 4.79 Å². The van der Waals surface area contributed by atoms with Crippen molar-refractivity contribution in [1.29, 1.82) is 0 Å². The normalized spacial score (nSPS) is 14.1. The predicted octanol–water partition coefficient (Wildman–Crippen LogP) is 2.32. The number of aryl methyl sites for hydroxylation is 1. The van der Waals surface area contributed by atoms with Gasteiger partial charge in [0.05, 0.1) is 6.54 Å². The van der Waals surface area contributed by atoms with E-state index in [9.17, 15) is 14.7 Å². The van der Waals surface area contributed by atoms with Gasteiger partial charge in [0.15, 0.2) is 5.60 Å². The fraction of sp³-hybridized carbons (Fsp3) is 0.300. The Hall–Kier alpha value is -2.86. The summed E-state index contributed by atoms with van der Waals surface area (Å²) in [4.78, 5) is 23.7. The molecule has 0 spiro atoms. The molecule has 6 heteroatoms. The number of carboxylic acids is 1. The van der Waals surface area contributed by atoms with Gasteiger partial charge in [0, 0.05) is 5.56 Å². The minimum Gasteiger partial charge on any atom is -0.479 e. The van der Waals surface area contributed by atoms with Gasteiger partial charge in [-0.1, -0.05) is 55.5 Å². The molecular formula is C20H23NO5. The van der Waals surface area contributed by atoms with Gasteiger partial charge in [-0.3, -0.25) is 4.79 Å². The van der Waals surface area contributed by atoms with Crippen LogP contribution in [0.5, 0.6) is 5.75 Å². The van der Waals surface area contributed by atoms with Crippen LogP contribution in [0, 0.1) is 0 Å². The number of benzene rings is 2. The smallest absolute Gasteiger partial charge is 0.337 e. The minimum absolute atomic E-state index is 0.427. The summed E-state index contributed by atoms with van der Waals surface area (Å²) < 4.78 is 5.97. The zero-order valence-corrected chi connectivity index (χ0v) is 14.8. The van der Waals surface area contributed by atoms with E-state index in [1.165, 1.54) is 0 Å². The number of nitrogens with one attached hydrogen (secondary N) is 1. The monoisotopic (exact) mass is 357 g/mol. The summed E-state index contributed by atoms with van der Waals surface area (Å²) in [7, 11) is 0. The van der Waals surface area contributed by atoms with E-state index in [0.29, 0.717) is 11.3 Å². The number of rotatable bonds is 8. The molecule has 2 aromatic rings. The third kappa shape index (κ3) is 4.83. The Morgan fingerprint density at radius 3 is 2.35 bits per heavy atom. The second kappa shape index (κ2) is 8.49. The number of carboxylic acid groups (broad SMARTS) is 1. The highest BCUT2D eigenvalue weighted by Gasteiger charge is 2.32. The SMILES string of the molecule is CCc1ccccc1OC(C(=O)NCC(C)(O)C(=O)O)c1ccccc1. The second-order valence-electron chi connectivity index (χ2n) is 6.17. The quantitative estimate of drug-likeness (QED) is 0.674. The minimum atomic E-state index is -2.06. The van der Waals surface area contributed by atoms with Gasteiger partial charge in [-0.15, -0.1) is 0 Å². The first kappa shape index (κ1) is 19.5. The highest BCUT2D eigenvalue weighted by Crippen LogP contribution is 2.26. The number of aliphatic carboxylic acids is 1. The van der Waals surface area contributed by atoms with E-state index in [2.05, 4.69) is 5.32 Å². The van der Waals surface area contributed by atoms with Crippen LogP contribution in [0.25, 0.3) is 0 Å². The molecule has 2 unspecified atom stereocenters. The van der Waals surface area contributed by atoms with E-state index in [1.54, 1.807) is 30.3 Å². The molecular weight excluding hydrogens is 334 g/mol. The van der Waals surface area contributed by atoms with Gasteiger partial charge < -0.3 is 20.3 Å². The molecule has 0 aromatic heterocycles. The standard InChI is InChI=1S/C20H23NO5/c1-3-14-9-7-8-12-16(14)26-17(15-10-5-4-6-11-15)18(22)21-13-20(2,25)19(23)24/h4-12,17,25H,3,13H2,1-2H3,(H,21,22)(H,23,24). The lowest BCUT2D eigenvalue weighted by atomic mass is 10.1. The molecule has 0 aliphatic heterocycles. The summed E-state index contributed by atoms with van der Waals surface area (Å²) in [5.74, 6) is -1.35. The number of para-hydroxylation sites is 1. The molecule has 6 nitrogen and oxygen atoms in total. The van der Waals surface area contributed by atoms with Crippen LogP contribution in [-0.2, 0) is 16.0 Å². The third-order valence-electron chi connectivity index (χ3n) is 4.01. The first-order chi connectivity index (χ1) is 12.3. The average Bonchev–Trinajstić information content (AvgIpc) is 2.65. The molecule has 0 fully saturated rings. The summed E-state index contributed by atoms with van der Waals surface area (Å²) in [6.45, 7) is 2.69. The number of hydrogen-bond donors (Lipinski definition) is 3. The Bertz CT molecular complexity index is 758. The third-order valence-corrected chi connectivity index (χ3v) is 4.01. The van der Waals surface area contributed by atoms with Gasteiger partial charge in [0.2, 0.25) is 6.10 Å². The molecule has 2 rings (SSSR count). The molecule has 0 aliphatic rings. The van der Waals surface area contributed by atoms with Crippen LogP contribution in [0.3, 0.4) is 0 Å². The molecule has 138 valence electrons. The van der Waals surface area contributed by atoms with Crippen molar-refractivity contribution in [3.63, 3.8) is 0 Å². The van der Waals surface area contributed by atoms with Gasteiger partial charge in [0.25, 0.3) is 5.91 Å². The number of amides is 1. The van der Waals surface area contributed by atoms with Crippen molar-refractivity contribution in [3.05, 3.63) is 65.7 Å². The molecule has 0 heterocycles. The Morgan fingerprint density at radius 2 is 1.73 bits per heavy atom. The molecule has 0 aliphatic carbocycles. The molecule has 0 bridgehead atoms. The van der Waals surface area contributed by atoms with Crippen molar-refractivity contribution in [1.82, 2.24) is 5.32 Å². The van der Waals surface area contributed by atoms with E-state index in [1.807, 2.05) is 31.2 Å². The number of hydrogen-bond acceptors (Lipinski definition) is 4. The first-order valence-corrected chi connectivity index (χ1v) is 8.38. The second-order valence-corrected chi connectivity index (χ2v) is 6.17. The lowest BCUT2D eigenvalue weighted by molar-refractivity contribution is -0.156. The maximum absolute atomic E-state index is 12.7. The summed E-state index contributed by atoms with van der Waals surface area (Å²) in [5.41, 5.74) is -0.470. The molecule has 3 N–H and O–H groups in total. The van der Waals surface area contributed by atoms with Crippen LogP contribution >= 0.6 is 0 Å². The highest BCUT2D eigenvalue weighted by atomic mass is 16.5. The lowest BCUT2D eigenvalue weighted by Gasteiger charge is -2.23.